The van der Waals surface area contributed by atoms with Crippen molar-refractivity contribution in [1.29, 1.82) is 0 Å². The fourth-order valence-electron chi connectivity index (χ4n) is 2.04. The van der Waals surface area contributed by atoms with E-state index in [0.29, 0.717) is 18.9 Å². The van der Waals surface area contributed by atoms with E-state index in [0.717, 1.165) is 5.75 Å². The normalized spacial score (nSPS) is 12.3. The Hall–Kier alpha value is -2.44. The number of ether oxygens (including phenoxy) is 1. The molecule has 0 aliphatic rings. The Labute approximate surface area is 122 Å². The molecule has 2 aromatic rings. The summed E-state index contributed by atoms with van der Waals surface area (Å²) in [5.74, 6) is 0.213. The molecule has 1 aromatic heterocycles. The van der Waals surface area contributed by atoms with Gasteiger partial charge >= 0.3 is 5.97 Å². The molecule has 0 fully saturated rings. The van der Waals surface area contributed by atoms with E-state index in [1.165, 1.54) is 4.68 Å². The second-order valence-electron chi connectivity index (χ2n) is 4.98. The topological polar surface area (TPSA) is 90.1 Å². The predicted molar refractivity (Wildman–Crippen MR) is 75.0 cm³/mol. The van der Waals surface area contributed by atoms with Crippen molar-refractivity contribution in [2.75, 3.05) is 6.61 Å². The minimum absolute atomic E-state index is 0.111. The third kappa shape index (κ3) is 3.77. The summed E-state index contributed by atoms with van der Waals surface area (Å²) in [5, 5.41) is 20.6. The highest BCUT2D eigenvalue weighted by Gasteiger charge is 2.27. The number of nitrogens with zero attached hydrogens (tertiary/aromatic N) is 4. The monoisotopic (exact) mass is 290 g/mol. The number of tetrazole rings is 1. The van der Waals surface area contributed by atoms with Gasteiger partial charge in [-0.1, -0.05) is 32.0 Å². The van der Waals surface area contributed by atoms with Crippen molar-refractivity contribution in [2.45, 2.75) is 26.3 Å². The van der Waals surface area contributed by atoms with Crippen molar-refractivity contribution in [3.63, 3.8) is 0 Å². The molecule has 7 nitrogen and oxygen atoms in total. The third-order valence-electron chi connectivity index (χ3n) is 3.05. The lowest BCUT2D eigenvalue weighted by molar-refractivity contribution is -0.142. The number of aliphatic carboxylic acids is 1. The number of carboxylic acids is 1. The Kier molecular flexibility index (Phi) is 4.86. The summed E-state index contributed by atoms with van der Waals surface area (Å²) in [5.41, 5.74) is 0. The summed E-state index contributed by atoms with van der Waals surface area (Å²) in [7, 11) is 0. The lowest BCUT2D eigenvalue weighted by Gasteiger charge is -2.17. The number of para-hydroxylation sites is 1. The maximum absolute atomic E-state index is 11.3. The Bertz CT molecular complexity index is 583. The molecule has 0 saturated heterocycles. The van der Waals surface area contributed by atoms with Crippen molar-refractivity contribution < 1.29 is 14.6 Å². The molecule has 1 atom stereocenters. The van der Waals surface area contributed by atoms with E-state index < -0.39 is 12.0 Å². The van der Waals surface area contributed by atoms with Crippen LogP contribution in [0.4, 0.5) is 0 Å². The first kappa shape index (κ1) is 15.0. The largest absolute Gasteiger partial charge is 0.493 e. The first-order chi connectivity index (χ1) is 10.1. The van der Waals surface area contributed by atoms with Crippen LogP contribution in [0.3, 0.4) is 0 Å². The third-order valence-corrected chi connectivity index (χ3v) is 3.05. The summed E-state index contributed by atoms with van der Waals surface area (Å²) >= 11 is 0. The first-order valence-corrected chi connectivity index (χ1v) is 6.77. The molecule has 0 bridgehead atoms. The average molecular weight is 290 g/mol. The molecule has 1 heterocycles. The van der Waals surface area contributed by atoms with Crippen molar-refractivity contribution in [3.05, 3.63) is 36.2 Å². The molecule has 0 spiro atoms. The zero-order valence-corrected chi connectivity index (χ0v) is 12.0. The summed E-state index contributed by atoms with van der Waals surface area (Å²) in [4.78, 5) is 11.3. The standard InChI is InChI=1S/C14H18N4O3/c1-10(2)13(14(19)20)18-12(15-16-17-18)8-9-21-11-6-4-3-5-7-11/h3-7,10,13H,8-9H2,1-2H3,(H,19,20). The fourth-order valence-corrected chi connectivity index (χ4v) is 2.04. The summed E-state index contributed by atoms with van der Waals surface area (Å²) in [6.07, 6.45) is 0.443. The van der Waals surface area contributed by atoms with Crippen LogP contribution >= 0.6 is 0 Å². The number of carboxylic acid groups (broad SMARTS) is 1. The highest BCUT2D eigenvalue weighted by molar-refractivity contribution is 5.72. The Morgan fingerprint density at radius 1 is 1.33 bits per heavy atom. The zero-order chi connectivity index (χ0) is 15.2. The van der Waals surface area contributed by atoms with Crippen molar-refractivity contribution in [2.24, 2.45) is 5.92 Å². The summed E-state index contributed by atoms with van der Waals surface area (Å²) in [6.45, 7) is 4.03. The second-order valence-corrected chi connectivity index (χ2v) is 4.98. The molecule has 0 amide bonds. The van der Waals surface area contributed by atoms with Gasteiger partial charge in [-0.25, -0.2) is 9.48 Å². The molecule has 1 unspecified atom stereocenters. The van der Waals surface area contributed by atoms with Gasteiger partial charge in [-0.3, -0.25) is 0 Å². The van der Waals surface area contributed by atoms with Crippen LogP contribution in [-0.2, 0) is 11.2 Å². The molecule has 1 N–H and O–H groups in total. The van der Waals surface area contributed by atoms with Crippen LogP contribution in [-0.4, -0.2) is 37.9 Å². The molecular weight excluding hydrogens is 272 g/mol. The van der Waals surface area contributed by atoms with Gasteiger partial charge in [0.15, 0.2) is 11.9 Å². The zero-order valence-electron chi connectivity index (χ0n) is 12.0. The maximum atomic E-state index is 11.3. The Balaban J connectivity index is 2.02. The number of benzene rings is 1. The van der Waals surface area contributed by atoms with Gasteiger partial charge in [0.25, 0.3) is 0 Å². The SMILES string of the molecule is CC(C)C(C(=O)O)n1nnnc1CCOc1ccccc1. The molecule has 0 aliphatic carbocycles. The van der Waals surface area contributed by atoms with Gasteiger partial charge in [-0.2, -0.15) is 0 Å². The van der Waals surface area contributed by atoms with Crippen LogP contribution in [0.25, 0.3) is 0 Å². The van der Waals surface area contributed by atoms with Crippen LogP contribution in [0.2, 0.25) is 0 Å². The predicted octanol–water partition coefficient (Wildman–Crippen LogP) is 1.58. The first-order valence-electron chi connectivity index (χ1n) is 6.77. The number of hydrogen-bond donors (Lipinski definition) is 1. The molecule has 21 heavy (non-hydrogen) atoms. The number of carbonyl (C=O) groups is 1. The van der Waals surface area contributed by atoms with E-state index in [4.69, 9.17) is 4.74 Å². The minimum atomic E-state index is -0.942. The quantitative estimate of drug-likeness (QED) is 0.832. The van der Waals surface area contributed by atoms with Gasteiger partial charge in [0, 0.05) is 6.42 Å². The summed E-state index contributed by atoms with van der Waals surface area (Å²) < 4.78 is 6.94. The van der Waals surface area contributed by atoms with E-state index in [1.807, 2.05) is 44.2 Å². The van der Waals surface area contributed by atoms with Crippen molar-refractivity contribution in [3.8, 4) is 5.75 Å². The van der Waals surface area contributed by atoms with E-state index in [2.05, 4.69) is 15.5 Å². The Morgan fingerprint density at radius 2 is 2.05 bits per heavy atom. The van der Waals surface area contributed by atoms with Gasteiger partial charge < -0.3 is 9.84 Å². The van der Waals surface area contributed by atoms with Crippen LogP contribution in [0, 0.1) is 5.92 Å². The fraction of sp³-hybridized carbons (Fsp3) is 0.429. The van der Waals surface area contributed by atoms with Crippen molar-refractivity contribution in [1.82, 2.24) is 20.2 Å². The van der Waals surface area contributed by atoms with Crippen LogP contribution < -0.4 is 4.74 Å². The van der Waals surface area contributed by atoms with Gasteiger partial charge in [0.2, 0.25) is 0 Å². The van der Waals surface area contributed by atoms with Gasteiger partial charge in [0.05, 0.1) is 6.61 Å². The molecule has 1 aromatic carbocycles. The number of aromatic nitrogens is 4. The molecule has 2 rings (SSSR count). The smallest absolute Gasteiger partial charge is 0.328 e. The minimum Gasteiger partial charge on any atom is -0.493 e. The Morgan fingerprint density at radius 3 is 2.67 bits per heavy atom. The highest BCUT2D eigenvalue weighted by atomic mass is 16.5. The molecular formula is C14H18N4O3. The van der Waals surface area contributed by atoms with Gasteiger partial charge in [0.1, 0.15) is 5.75 Å². The summed E-state index contributed by atoms with van der Waals surface area (Å²) in [6, 6.07) is 8.63. The molecule has 7 heteroatoms. The van der Waals surface area contributed by atoms with Crippen LogP contribution in [0.1, 0.15) is 25.7 Å². The van der Waals surface area contributed by atoms with Gasteiger partial charge in [-0.15, -0.1) is 5.10 Å². The van der Waals surface area contributed by atoms with Gasteiger partial charge in [-0.05, 0) is 28.5 Å². The average Bonchev–Trinajstić information content (AvgIpc) is 2.87. The molecule has 0 saturated carbocycles. The van der Waals surface area contributed by atoms with E-state index >= 15 is 0 Å². The molecule has 0 radical (unpaired) electrons. The van der Waals surface area contributed by atoms with Crippen LogP contribution in [0.5, 0.6) is 5.75 Å². The van der Waals surface area contributed by atoms with E-state index in [9.17, 15) is 9.90 Å². The lowest BCUT2D eigenvalue weighted by Crippen LogP contribution is -2.27. The van der Waals surface area contributed by atoms with Crippen molar-refractivity contribution >= 4 is 5.97 Å². The molecule has 0 aliphatic heterocycles. The van der Waals surface area contributed by atoms with Crippen LogP contribution in [0.15, 0.2) is 30.3 Å². The number of rotatable bonds is 7. The maximum Gasteiger partial charge on any atom is 0.328 e. The lowest BCUT2D eigenvalue weighted by atomic mass is 10.1. The highest BCUT2D eigenvalue weighted by Crippen LogP contribution is 2.18. The van der Waals surface area contributed by atoms with E-state index in [-0.39, 0.29) is 5.92 Å². The second kappa shape index (κ2) is 6.83. The number of hydrogen-bond acceptors (Lipinski definition) is 5. The molecule has 112 valence electrons. The van der Waals surface area contributed by atoms with E-state index in [1.54, 1.807) is 0 Å².